The van der Waals surface area contributed by atoms with Crippen LogP contribution in [0.15, 0.2) is 40.9 Å². The van der Waals surface area contributed by atoms with Gasteiger partial charge in [0.05, 0.1) is 12.2 Å². The van der Waals surface area contributed by atoms with Gasteiger partial charge in [-0.2, -0.15) is 0 Å². The molecule has 5 heteroatoms. The summed E-state index contributed by atoms with van der Waals surface area (Å²) in [5.41, 5.74) is 2.22. The third-order valence-electron chi connectivity index (χ3n) is 5.96. The number of carbonyl (C=O) groups is 1. The van der Waals surface area contributed by atoms with Gasteiger partial charge in [-0.05, 0) is 36.3 Å². The topological polar surface area (TPSA) is 58.4 Å². The smallest absolute Gasteiger partial charge is 0.222 e. The number of para-hydroxylation sites is 1. The van der Waals surface area contributed by atoms with Gasteiger partial charge in [-0.1, -0.05) is 51.1 Å². The lowest BCUT2D eigenvalue weighted by atomic mass is 9.57. The monoisotopic (exact) mass is 369 g/mol. The number of nitrogens with one attached hydrogen (secondary N) is 1. The molecule has 0 bridgehead atoms. The van der Waals surface area contributed by atoms with Gasteiger partial charge in [-0.3, -0.25) is 4.79 Å². The van der Waals surface area contributed by atoms with Crippen LogP contribution in [0.25, 0.3) is 0 Å². The fraction of sp³-hybridized carbons (Fsp3) is 0.545. The van der Waals surface area contributed by atoms with Crippen LogP contribution < -0.4 is 10.2 Å². The molecule has 1 N–H and O–H groups in total. The lowest BCUT2D eigenvalue weighted by molar-refractivity contribution is -0.128. The molecule has 0 radical (unpaired) electrons. The number of rotatable bonds is 7. The molecule has 1 aromatic carbocycles. The molecule has 1 aliphatic carbocycles. The first-order valence-corrected chi connectivity index (χ1v) is 9.78. The largest absolute Gasteiger partial charge is 0.367 e. The Balaban J connectivity index is 1.55. The molecule has 2 atom stereocenters. The van der Waals surface area contributed by atoms with Crippen LogP contribution in [0.3, 0.4) is 0 Å². The van der Waals surface area contributed by atoms with Crippen molar-refractivity contribution in [3.05, 3.63) is 47.9 Å². The van der Waals surface area contributed by atoms with Crippen molar-refractivity contribution in [2.75, 3.05) is 11.9 Å². The summed E-state index contributed by atoms with van der Waals surface area (Å²) in [6.07, 6.45) is 1.89. The minimum absolute atomic E-state index is 0.0274. The fourth-order valence-corrected chi connectivity index (χ4v) is 3.73. The molecule has 1 heterocycles. The van der Waals surface area contributed by atoms with Crippen LogP contribution in [0.5, 0.6) is 0 Å². The zero-order valence-electron chi connectivity index (χ0n) is 17.0. The second-order valence-electron chi connectivity index (χ2n) is 8.65. The molecule has 1 amide bonds. The molecule has 5 nitrogen and oxygen atoms in total. The highest BCUT2D eigenvalue weighted by atomic mass is 16.5. The number of nitrogens with zero attached hydrogens (tertiary/aromatic N) is 2. The Kier molecular flexibility index (Phi) is 5.59. The van der Waals surface area contributed by atoms with E-state index < -0.39 is 0 Å². The summed E-state index contributed by atoms with van der Waals surface area (Å²) in [6.45, 7) is 9.02. The zero-order valence-corrected chi connectivity index (χ0v) is 17.0. The van der Waals surface area contributed by atoms with E-state index >= 15 is 0 Å². The van der Waals surface area contributed by atoms with Gasteiger partial charge in [0.1, 0.15) is 0 Å². The number of aromatic nitrogens is 1. The molecular weight excluding hydrogens is 338 g/mol. The normalized spacial score (nSPS) is 21.0. The first-order chi connectivity index (χ1) is 12.8. The minimum atomic E-state index is 0.0274. The lowest BCUT2D eigenvalue weighted by Crippen LogP contribution is -2.59. The second kappa shape index (κ2) is 7.75. The van der Waals surface area contributed by atoms with E-state index in [4.69, 9.17) is 4.52 Å². The highest BCUT2D eigenvalue weighted by Gasteiger charge is 2.48. The van der Waals surface area contributed by atoms with E-state index in [1.807, 2.05) is 32.0 Å². The average Bonchev–Trinajstić information content (AvgIpc) is 3.08. The molecule has 0 spiro atoms. The summed E-state index contributed by atoms with van der Waals surface area (Å²) in [4.78, 5) is 14.1. The Hall–Kier alpha value is -2.30. The molecule has 1 saturated carbocycles. The van der Waals surface area contributed by atoms with Gasteiger partial charge in [-0.15, -0.1) is 0 Å². The van der Waals surface area contributed by atoms with Crippen molar-refractivity contribution in [2.45, 2.75) is 53.1 Å². The highest BCUT2D eigenvalue weighted by Crippen LogP contribution is 2.47. The predicted molar refractivity (Wildman–Crippen MR) is 107 cm³/mol. The highest BCUT2D eigenvalue weighted by molar-refractivity contribution is 5.78. The fourth-order valence-electron chi connectivity index (χ4n) is 3.73. The third kappa shape index (κ3) is 4.34. The number of anilines is 1. The van der Waals surface area contributed by atoms with Crippen LogP contribution >= 0.6 is 0 Å². The maximum absolute atomic E-state index is 12.0. The first-order valence-electron chi connectivity index (χ1n) is 9.78. The number of hydrogen-bond donors (Lipinski definition) is 1. The summed E-state index contributed by atoms with van der Waals surface area (Å²) in [7, 11) is 2.05. The Labute approximate surface area is 162 Å². The average molecular weight is 370 g/mol. The van der Waals surface area contributed by atoms with Crippen molar-refractivity contribution in [1.29, 1.82) is 0 Å². The van der Waals surface area contributed by atoms with E-state index in [0.717, 1.165) is 30.0 Å². The third-order valence-corrected chi connectivity index (χ3v) is 5.96. The summed E-state index contributed by atoms with van der Waals surface area (Å²) in [6, 6.07) is 12.6. The van der Waals surface area contributed by atoms with Crippen LogP contribution in [-0.2, 0) is 17.8 Å². The van der Waals surface area contributed by atoms with Crippen LogP contribution in [-0.4, -0.2) is 24.2 Å². The van der Waals surface area contributed by atoms with Gasteiger partial charge in [-0.25, -0.2) is 0 Å². The maximum Gasteiger partial charge on any atom is 0.222 e. The SMILES string of the molecule is CC(C)C(=O)N[C@H]1C[C@@H](Cc2cc(CN(C)c3ccccc3)on2)C1(C)C. The van der Waals surface area contributed by atoms with Crippen molar-refractivity contribution < 1.29 is 9.32 Å². The summed E-state index contributed by atoms with van der Waals surface area (Å²) >= 11 is 0. The quantitative estimate of drug-likeness (QED) is 0.800. The van der Waals surface area contributed by atoms with Crippen LogP contribution in [0.1, 0.15) is 45.6 Å². The van der Waals surface area contributed by atoms with E-state index in [-0.39, 0.29) is 23.3 Å². The van der Waals surface area contributed by atoms with E-state index in [2.05, 4.69) is 54.5 Å². The summed E-state index contributed by atoms with van der Waals surface area (Å²) in [5, 5.41) is 7.46. The van der Waals surface area contributed by atoms with Crippen LogP contribution in [0.2, 0.25) is 0 Å². The molecule has 27 heavy (non-hydrogen) atoms. The molecule has 1 fully saturated rings. The first kappa shape index (κ1) is 19.5. The zero-order chi connectivity index (χ0) is 19.6. The Bertz CT molecular complexity index is 767. The summed E-state index contributed by atoms with van der Waals surface area (Å²) < 4.78 is 5.56. The van der Waals surface area contributed by atoms with Gasteiger partial charge < -0.3 is 14.7 Å². The Morgan fingerprint density at radius 2 is 2.04 bits per heavy atom. The van der Waals surface area contributed by atoms with Crippen molar-refractivity contribution in [3.63, 3.8) is 0 Å². The van der Waals surface area contributed by atoms with Crippen molar-refractivity contribution in [2.24, 2.45) is 17.3 Å². The molecule has 146 valence electrons. The molecular formula is C22H31N3O2. The lowest BCUT2D eigenvalue weighted by Gasteiger charge is -2.52. The van der Waals surface area contributed by atoms with Crippen LogP contribution in [0.4, 0.5) is 5.69 Å². The van der Waals surface area contributed by atoms with Crippen molar-refractivity contribution in [1.82, 2.24) is 10.5 Å². The number of benzene rings is 1. The van der Waals surface area contributed by atoms with Gasteiger partial charge in [0.15, 0.2) is 5.76 Å². The molecule has 0 aliphatic heterocycles. The van der Waals surface area contributed by atoms with Gasteiger partial charge in [0.25, 0.3) is 0 Å². The number of hydrogen-bond acceptors (Lipinski definition) is 4. The van der Waals surface area contributed by atoms with Gasteiger partial charge >= 0.3 is 0 Å². The van der Waals surface area contributed by atoms with Gasteiger partial charge in [0.2, 0.25) is 5.91 Å². The second-order valence-corrected chi connectivity index (χ2v) is 8.65. The summed E-state index contributed by atoms with van der Waals surface area (Å²) in [5.74, 6) is 1.54. The van der Waals surface area contributed by atoms with E-state index in [0.29, 0.717) is 12.5 Å². The molecule has 3 rings (SSSR count). The van der Waals surface area contributed by atoms with E-state index in [9.17, 15) is 4.79 Å². The van der Waals surface area contributed by atoms with Crippen molar-refractivity contribution in [3.8, 4) is 0 Å². The molecule has 1 aliphatic rings. The minimum Gasteiger partial charge on any atom is -0.367 e. The molecule has 1 aromatic heterocycles. The number of carbonyl (C=O) groups excluding carboxylic acids is 1. The van der Waals surface area contributed by atoms with Crippen LogP contribution in [0, 0.1) is 17.3 Å². The molecule has 2 aromatic rings. The standard InChI is InChI=1S/C22H31N3O2/c1-15(2)21(26)23-20-12-16(22(20,3)4)11-17-13-19(27-24-17)14-25(5)18-9-7-6-8-10-18/h6-10,13,15-16,20H,11-12,14H2,1-5H3,(H,23,26)/t16-,20+/m1/s1. The Morgan fingerprint density at radius 1 is 1.33 bits per heavy atom. The van der Waals surface area contributed by atoms with Gasteiger partial charge in [0, 0.05) is 30.8 Å². The Morgan fingerprint density at radius 3 is 2.67 bits per heavy atom. The molecule has 0 unspecified atom stereocenters. The van der Waals surface area contributed by atoms with Crippen molar-refractivity contribution >= 4 is 11.6 Å². The van der Waals surface area contributed by atoms with E-state index in [1.165, 1.54) is 0 Å². The molecule has 0 saturated heterocycles. The number of amides is 1. The predicted octanol–water partition coefficient (Wildman–Crippen LogP) is 4.04. The maximum atomic E-state index is 12.0. The van der Waals surface area contributed by atoms with E-state index in [1.54, 1.807) is 0 Å².